The zero-order chi connectivity index (χ0) is 10.8. The Bertz CT molecular complexity index is 235. The second-order valence-electron chi connectivity index (χ2n) is 5.49. The molecule has 0 spiro atoms. The highest BCUT2D eigenvalue weighted by molar-refractivity contribution is 5.05. The van der Waals surface area contributed by atoms with Crippen LogP contribution in [0.3, 0.4) is 0 Å². The molecule has 3 unspecified atom stereocenters. The Morgan fingerprint density at radius 1 is 1.40 bits per heavy atom. The minimum atomic E-state index is 0.315. The first kappa shape index (κ1) is 11.2. The van der Waals surface area contributed by atoms with Gasteiger partial charge < -0.3 is 5.73 Å². The van der Waals surface area contributed by atoms with Gasteiger partial charge in [0.1, 0.15) is 0 Å². The van der Waals surface area contributed by atoms with Crippen LogP contribution >= 0.6 is 0 Å². The lowest BCUT2D eigenvalue weighted by Gasteiger charge is -2.29. The van der Waals surface area contributed by atoms with E-state index < -0.39 is 0 Å². The van der Waals surface area contributed by atoms with Crippen LogP contribution in [0.5, 0.6) is 0 Å². The molecule has 1 aliphatic heterocycles. The Balaban J connectivity index is 1.86. The zero-order valence-corrected chi connectivity index (χ0v) is 10.0. The van der Waals surface area contributed by atoms with E-state index in [0.717, 1.165) is 18.4 Å². The number of nitrogens with zero attached hydrogens (tertiary/aromatic N) is 1. The van der Waals surface area contributed by atoms with Crippen molar-refractivity contribution in [3.05, 3.63) is 12.2 Å². The lowest BCUT2D eigenvalue weighted by molar-refractivity contribution is 0.187. The molecule has 2 N–H and O–H groups in total. The third-order valence-corrected chi connectivity index (χ3v) is 3.86. The molecule has 1 aliphatic carbocycles. The molecule has 2 nitrogen and oxygen atoms in total. The molecule has 0 aromatic heterocycles. The summed E-state index contributed by atoms with van der Waals surface area (Å²) < 4.78 is 0. The van der Waals surface area contributed by atoms with Crippen LogP contribution in [0.4, 0.5) is 0 Å². The van der Waals surface area contributed by atoms with E-state index in [-0.39, 0.29) is 0 Å². The summed E-state index contributed by atoms with van der Waals surface area (Å²) in [5, 5.41) is 0. The van der Waals surface area contributed by atoms with Crippen molar-refractivity contribution < 1.29 is 0 Å². The van der Waals surface area contributed by atoms with Gasteiger partial charge in [0.2, 0.25) is 0 Å². The van der Waals surface area contributed by atoms with Gasteiger partial charge in [-0.15, -0.1) is 0 Å². The molecule has 0 aromatic carbocycles. The molecule has 0 radical (unpaired) electrons. The Morgan fingerprint density at radius 2 is 2.20 bits per heavy atom. The number of hydrogen-bond donors (Lipinski definition) is 1. The summed E-state index contributed by atoms with van der Waals surface area (Å²) in [4.78, 5) is 2.68. The normalized spacial score (nSPS) is 36.9. The van der Waals surface area contributed by atoms with Crippen molar-refractivity contribution in [2.24, 2.45) is 17.6 Å². The van der Waals surface area contributed by atoms with Crippen LogP contribution in [0.15, 0.2) is 12.2 Å². The summed E-state index contributed by atoms with van der Waals surface area (Å²) in [7, 11) is 0. The lowest BCUT2D eigenvalue weighted by atomic mass is 10.0. The summed E-state index contributed by atoms with van der Waals surface area (Å²) in [6.45, 7) is 7.22. The molecular formula is C13H24N2. The van der Waals surface area contributed by atoms with Crippen molar-refractivity contribution >= 4 is 0 Å². The maximum atomic E-state index is 5.89. The van der Waals surface area contributed by atoms with E-state index in [1.165, 1.54) is 25.9 Å². The summed E-state index contributed by atoms with van der Waals surface area (Å²) >= 11 is 0. The molecule has 3 atom stereocenters. The van der Waals surface area contributed by atoms with Crippen LogP contribution in [-0.2, 0) is 0 Å². The van der Waals surface area contributed by atoms with Gasteiger partial charge in [0.05, 0.1) is 0 Å². The fraction of sp³-hybridized carbons (Fsp3) is 0.846. The first-order valence-corrected chi connectivity index (χ1v) is 6.35. The second-order valence-corrected chi connectivity index (χ2v) is 5.49. The third-order valence-electron chi connectivity index (χ3n) is 3.86. The summed E-state index contributed by atoms with van der Waals surface area (Å²) in [6.07, 6.45) is 8.41. The molecule has 0 amide bonds. The van der Waals surface area contributed by atoms with Crippen molar-refractivity contribution in [3.63, 3.8) is 0 Å². The quantitative estimate of drug-likeness (QED) is 0.719. The highest BCUT2D eigenvalue weighted by Crippen LogP contribution is 2.27. The van der Waals surface area contributed by atoms with E-state index in [0.29, 0.717) is 12.0 Å². The van der Waals surface area contributed by atoms with Gasteiger partial charge in [-0.2, -0.15) is 0 Å². The van der Waals surface area contributed by atoms with Crippen molar-refractivity contribution in [3.8, 4) is 0 Å². The fourth-order valence-electron chi connectivity index (χ4n) is 3.08. The average molecular weight is 208 g/mol. The molecule has 1 fully saturated rings. The van der Waals surface area contributed by atoms with Gasteiger partial charge in [-0.3, -0.25) is 4.90 Å². The van der Waals surface area contributed by atoms with Gasteiger partial charge in [0, 0.05) is 18.6 Å². The maximum absolute atomic E-state index is 5.89. The maximum Gasteiger partial charge on any atom is 0.0229 e. The van der Waals surface area contributed by atoms with Crippen molar-refractivity contribution in [2.75, 3.05) is 13.1 Å². The molecule has 0 aromatic rings. The lowest BCUT2D eigenvalue weighted by Crippen LogP contribution is -2.36. The predicted octanol–water partition coefficient (Wildman–Crippen LogP) is 2.01. The first-order valence-electron chi connectivity index (χ1n) is 6.35. The number of rotatable bonds is 3. The molecule has 2 aliphatic rings. The largest absolute Gasteiger partial charge is 0.324 e. The minimum Gasteiger partial charge on any atom is -0.324 e. The third kappa shape index (κ3) is 2.61. The Morgan fingerprint density at radius 3 is 2.80 bits per heavy atom. The monoisotopic (exact) mass is 208 g/mol. The van der Waals surface area contributed by atoms with E-state index >= 15 is 0 Å². The SMILES string of the molecule is CC(C)C1CCCN1CC1C=CC(N)C1. The highest BCUT2D eigenvalue weighted by atomic mass is 15.2. The van der Waals surface area contributed by atoms with Crippen LogP contribution in [0.2, 0.25) is 0 Å². The first-order chi connectivity index (χ1) is 7.16. The van der Waals surface area contributed by atoms with E-state index in [2.05, 4.69) is 30.9 Å². The summed E-state index contributed by atoms with van der Waals surface area (Å²) in [5.74, 6) is 1.51. The Labute approximate surface area is 93.5 Å². The molecule has 1 saturated heterocycles. The van der Waals surface area contributed by atoms with Gasteiger partial charge in [-0.25, -0.2) is 0 Å². The zero-order valence-electron chi connectivity index (χ0n) is 10.0. The number of nitrogens with two attached hydrogens (primary N) is 1. The van der Waals surface area contributed by atoms with Crippen LogP contribution < -0.4 is 5.73 Å². The summed E-state index contributed by atoms with van der Waals surface area (Å²) in [5.41, 5.74) is 5.89. The number of likely N-dealkylation sites (tertiary alicyclic amines) is 1. The standard InChI is InChI=1S/C13H24N2/c1-10(2)13-4-3-7-15(13)9-11-5-6-12(14)8-11/h5-6,10-13H,3-4,7-9,14H2,1-2H3. The Kier molecular flexibility index (Phi) is 3.47. The van der Waals surface area contributed by atoms with E-state index in [9.17, 15) is 0 Å². The molecule has 15 heavy (non-hydrogen) atoms. The molecule has 0 saturated carbocycles. The molecule has 2 rings (SSSR count). The topological polar surface area (TPSA) is 29.3 Å². The smallest absolute Gasteiger partial charge is 0.0229 e. The fourth-order valence-corrected chi connectivity index (χ4v) is 3.08. The van der Waals surface area contributed by atoms with Crippen LogP contribution in [0.1, 0.15) is 33.1 Å². The van der Waals surface area contributed by atoms with Gasteiger partial charge in [0.15, 0.2) is 0 Å². The van der Waals surface area contributed by atoms with Crippen molar-refractivity contribution in [1.82, 2.24) is 4.90 Å². The van der Waals surface area contributed by atoms with Crippen LogP contribution in [0, 0.1) is 11.8 Å². The van der Waals surface area contributed by atoms with Gasteiger partial charge >= 0.3 is 0 Å². The van der Waals surface area contributed by atoms with E-state index in [4.69, 9.17) is 5.73 Å². The number of hydrogen-bond acceptors (Lipinski definition) is 2. The average Bonchev–Trinajstić information content (AvgIpc) is 2.75. The predicted molar refractivity (Wildman–Crippen MR) is 64.7 cm³/mol. The van der Waals surface area contributed by atoms with Crippen molar-refractivity contribution in [1.29, 1.82) is 0 Å². The second kappa shape index (κ2) is 4.67. The molecular weight excluding hydrogens is 184 g/mol. The molecule has 86 valence electrons. The van der Waals surface area contributed by atoms with Gasteiger partial charge in [-0.1, -0.05) is 26.0 Å². The molecule has 2 heteroatoms. The van der Waals surface area contributed by atoms with Crippen molar-refractivity contribution in [2.45, 2.75) is 45.2 Å². The van der Waals surface area contributed by atoms with Crippen LogP contribution in [0.25, 0.3) is 0 Å². The van der Waals surface area contributed by atoms with E-state index in [1.807, 2.05) is 0 Å². The van der Waals surface area contributed by atoms with E-state index in [1.54, 1.807) is 0 Å². The summed E-state index contributed by atoms with van der Waals surface area (Å²) in [6, 6.07) is 1.13. The van der Waals surface area contributed by atoms with Crippen LogP contribution in [-0.4, -0.2) is 30.1 Å². The van der Waals surface area contributed by atoms with Gasteiger partial charge in [0.25, 0.3) is 0 Å². The highest BCUT2D eigenvalue weighted by Gasteiger charge is 2.29. The molecule has 0 bridgehead atoms. The Hall–Kier alpha value is -0.340. The van der Waals surface area contributed by atoms with Gasteiger partial charge in [-0.05, 0) is 37.6 Å². The minimum absolute atomic E-state index is 0.315. The molecule has 1 heterocycles.